The molecule has 4 rings (SSSR count). The molecule has 1 aliphatic rings. The summed E-state index contributed by atoms with van der Waals surface area (Å²) >= 11 is 14.6. The first-order valence-corrected chi connectivity index (χ1v) is 11.6. The van der Waals surface area contributed by atoms with Crippen molar-refractivity contribution in [1.82, 2.24) is 15.1 Å². The first-order chi connectivity index (χ1) is 14.8. The lowest BCUT2D eigenvalue weighted by atomic mass is 10.1. The lowest BCUT2D eigenvalue weighted by molar-refractivity contribution is -0.119. The number of carbonyl (C=O) groups is 3. The Balaban J connectivity index is 1.42. The zero-order chi connectivity index (χ0) is 22.1. The van der Waals surface area contributed by atoms with E-state index in [1.165, 1.54) is 42.2 Å². The highest BCUT2D eigenvalue weighted by Gasteiger charge is 2.41. The average Bonchev–Trinajstić information content (AvgIpc) is 3.30. The van der Waals surface area contributed by atoms with E-state index in [9.17, 15) is 14.4 Å². The predicted octanol–water partition coefficient (Wildman–Crippen LogP) is 4.76. The van der Waals surface area contributed by atoms with E-state index >= 15 is 0 Å². The summed E-state index contributed by atoms with van der Waals surface area (Å²) in [6, 6.07) is 11.5. The number of anilines is 1. The van der Waals surface area contributed by atoms with Crippen LogP contribution < -0.4 is 5.32 Å². The molecule has 0 bridgehead atoms. The van der Waals surface area contributed by atoms with Crippen LogP contribution in [0.2, 0.25) is 10.0 Å². The number of halogens is 2. The molecule has 1 unspecified atom stereocenters. The molecule has 0 saturated carbocycles. The predicted molar refractivity (Wildman–Crippen MR) is 121 cm³/mol. The van der Waals surface area contributed by atoms with Gasteiger partial charge >= 0.3 is 0 Å². The smallest absolute Gasteiger partial charge is 0.262 e. The van der Waals surface area contributed by atoms with Gasteiger partial charge in [0.25, 0.3) is 11.8 Å². The van der Waals surface area contributed by atoms with Crippen molar-refractivity contribution in [2.24, 2.45) is 0 Å². The van der Waals surface area contributed by atoms with Crippen LogP contribution in [0.5, 0.6) is 0 Å². The van der Waals surface area contributed by atoms with Crippen LogP contribution in [-0.2, 0) is 10.5 Å². The highest BCUT2D eigenvalue weighted by atomic mass is 35.5. The molecule has 1 atom stereocenters. The molecular weight excluding hydrogens is 479 g/mol. The molecule has 3 amide bonds. The maximum absolute atomic E-state index is 12.7. The monoisotopic (exact) mass is 492 g/mol. The van der Waals surface area contributed by atoms with Gasteiger partial charge in [0.15, 0.2) is 4.34 Å². The number of aromatic nitrogens is 2. The number of nitrogens with one attached hydrogen (secondary N) is 1. The molecule has 2 heterocycles. The van der Waals surface area contributed by atoms with Crippen molar-refractivity contribution in [3.63, 3.8) is 0 Å². The van der Waals surface area contributed by atoms with Gasteiger partial charge in [-0.05, 0) is 24.6 Å². The number of hydrogen-bond donors (Lipinski definition) is 1. The van der Waals surface area contributed by atoms with Crippen LogP contribution in [0.25, 0.3) is 0 Å². The number of thioether (sulfide) groups is 1. The second-order valence-electron chi connectivity index (χ2n) is 6.60. The van der Waals surface area contributed by atoms with Gasteiger partial charge in [-0.3, -0.25) is 24.6 Å². The Morgan fingerprint density at radius 2 is 1.71 bits per heavy atom. The molecule has 3 aromatic rings. The summed E-state index contributed by atoms with van der Waals surface area (Å²) in [6.45, 7) is 1.46. The van der Waals surface area contributed by atoms with E-state index in [2.05, 4.69) is 15.5 Å². The number of nitrogens with zero attached hydrogens (tertiary/aromatic N) is 3. The lowest BCUT2D eigenvalue weighted by Gasteiger charge is -2.20. The summed E-state index contributed by atoms with van der Waals surface area (Å²) in [5.41, 5.74) is 1.39. The molecule has 0 radical (unpaired) electrons. The molecule has 31 heavy (non-hydrogen) atoms. The normalized spacial score (nSPS) is 14.0. The van der Waals surface area contributed by atoms with Gasteiger partial charge in [-0.15, -0.1) is 10.2 Å². The number of rotatable bonds is 6. The SMILES string of the molecule is CC(C(=O)Nc1nnc(SCc2ccccc2)s1)N1C(=O)c2cc(Cl)c(Cl)cc2C1=O. The third-order valence-corrected chi connectivity index (χ3v) is 7.33. The van der Waals surface area contributed by atoms with E-state index in [4.69, 9.17) is 23.2 Å². The quantitative estimate of drug-likeness (QED) is 0.303. The third-order valence-electron chi connectivity index (χ3n) is 4.57. The molecule has 0 aliphatic carbocycles. The molecule has 1 N–H and O–H groups in total. The minimum absolute atomic E-state index is 0.120. The highest BCUT2D eigenvalue weighted by molar-refractivity contribution is 8.00. The number of hydrogen-bond acceptors (Lipinski definition) is 7. The van der Waals surface area contributed by atoms with Crippen LogP contribution >= 0.6 is 46.3 Å². The van der Waals surface area contributed by atoms with Gasteiger partial charge in [0.1, 0.15) is 6.04 Å². The van der Waals surface area contributed by atoms with E-state index in [0.29, 0.717) is 4.34 Å². The summed E-state index contributed by atoms with van der Waals surface area (Å²) in [7, 11) is 0. The van der Waals surface area contributed by atoms with Crippen LogP contribution in [0.4, 0.5) is 5.13 Å². The maximum atomic E-state index is 12.7. The van der Waals surface area contributed by atoms with Crippen molar-refractivity contribution >= 4 is 69.2 Å². The van der Waals surface area contributed by atoms with Gasteiger partial charge in [-0.2, -0.15) is 0 Å². The standard InChI is InChI=1S/C20H14Cl2N4O3S2/c1-10(26-17(28)12-7-14(21)15(22)8-13(12)18(26)29)16(27)23-19-24-25-20(31-19)30-9-11-5-3-2-4-6-11/h2-8,10H,9H2,1H3,(H,23,24,27). The van der Waals surface area contributed by atoms with Gasteiger partial charge < -0.3 is 0 Å². The minimum atomic E-state index is -1.06. The summed E-state index contributed by atoms with van der Waals surface area (Å²) in [5.74, 6) is -1.03. The first kappa shape index (κ1) is 21.8. The Hall–Kier alpha value is -2.46. The van der Waals surface area contributed by atoms with E-state index in [-0.39, 0.29) is 26.3 Å². The number of carbonyl (C=O) groups excluding carboxylic acids is 3. The Labute approximate surface area is 195 Å². The van der Waals surface area contributed by atoms with E-state index in [0.717, 1.165) is 16.2 Å². The zero-order valence-corrected chi connectivity index (χ0v) is 19.1. The molecule has 2 aromatic carbocycles. The molecule has 1 aliphatic heterocycles. The number of amides is 3. The Morgan fingerprint density at radius 1 is 1.10 bits per heavy atom. The Kier molecular flexibility index (Phi) is 6.29. The maximum Gasteiger partial charge on any atom is 0.262 e. The summed E-state index contributed by atoms with van der Waals surface area (Å²) in [6.07, 6.45) is 0. The van der Waals surface area contributed by atoms with Crippen LogP contribution in [-0.4, -0.2) is 38.9 Å². The Bertz CT molecular complexity index is 1150. The molecule has 0 saturated heterocycles. The fourth-order valence-corrected chi connectivity index (χ4v) is 5.01. The molecular formula is C20H14Cl2N4O3S2. The van der Waals surface area contributed by atoms with Crippen molar-refractivity contribution in [3.05, 3.63) is 69.2 Å². The van der Waals surface area contributed by atoms with Gasteiger partial charge in [0.2, 0.25) is 11.0 Å². The molecule has 11 heteroatoms. The number of fused-ring (bicyclic) bond motifs is 1. The second kappa shape index (κ2) is 8.96. The average molecular weight is 493 g/mol. The summed E-state index contributed by atoms with van der Waals surface area (Å²) < 4.78 is 0.692. The van der Waals surface area contributed by atoms with Crippen molar-refractivity contribution in [2.75, 3.05) is 5.32 Å². The number of imide groups is 1. The second-order valence-corrected chi connectivity index (χ2v) is 9.62. The largest absolute Gasteiger partial charge is 0.299 e. The van der Waals surface area contributed by atoms with E-state index < -0.39 is 23.8 Å². The van der Waals surface area contributed by atoms with Crippen molar-refractivity contribution in [3.8, 4) is 0 Å². The van der Waals surface area contributed by atoms with Crippen LogP contribution in [0, 0.1) is 0 Å². The first-order valence-electron chi connectivity index (χ1n) is 9.03. The van der Waals surface area contributed by atoms with Gasteiger partial charge in [0, 0.05) is 5.75 Å². The molecule has 0 spiro atoms. The summed E-state index contributed by atoms with van der Waals surface area (Å²) in [5, 5.41) is 11.3. The van der Waals surface area contributed by atoms with Gasteiger partial charge in [0.05, 0.1) is 21.2 Å². The number of benzene rings is 2. The zero-order valence-electron chi connectivity index (χ0n) is 16.0. The fraction of sp³-hybridized carbons (Fsp3) is 0.150. The Morgan fingerprint density at radius 3 is 2.32 bits per heavy atom. The third kappa shape index (κ3) is 4.45. The molecule has 0 fully saturated rings. The van der Waals surface area contributed by atoms with Gasteiger partial charge in [-0.1, -0.05) is 76.6 Å². The van der Waals surface area contributed by atoms with Crippen LogP contribution in [0.15, 0.2) is 46.8 Å². The molecule has 158 valence electrons. The molecule has 1 aromatic heterocycles. The van der Waals surface area contributed by atoms with E-state index in [1.807, 2.05) is 30.3 Å². The van der Waals surface area contributed by atoms with Crippen molar-refractivity contribution in [2.45, 2.75) is 23.1 Å². The van der Waals surface area contributed by atoms with E-state index in [1.54, 1.807) is 0 Å². The summed E-state index contributed by atoms with van der Waals surface area (Å²) in [4.78, 5) is 38.9. The minimum Gasteiger partial charge on any atom is -0.299 e. The highest BCUT2D eigenvalue weighted by Crippen LogP contribution is 2.33. The molecule has 7 nitrogen and oxygen atoms in total. The lowest BCUT2D eigenvalue weighted by Crippen LogP contribution is -2.45. The van der Waals surface area contributed by atoms with Crippen LogP contribution in [0.3, 0.4) is 0 Å². The fourth-order valence-electron chi connectivity index (χ4n) is 2.97. The van der Waals surface area contributed by atoms with Crippen LogP contribution in [0.1, 0.15) is 33.2 Å². The van der Waals surface area contributed by atoms with Gasteiger partial charge in [-0.25, -0.2) is 0 Å². The van der Waals surface area contributed by atoms with Crippen molar-refractivity contribution < 1.29 is 14.4 Å². The topological polar surface area (TPSA) is 92.3 Å². The van der Waals surface area contributed by atoms with Crippen molar-refractivity contribution in [1.29, 1.82) is 0 Å².